The Kier molecular flexibility index (Phi) is 4.14. The maximum absolute atomic E-state index is 11.8. The molecule has 0 radical (unpaired) electrons. The third-order valence-electron chi connectivity index (χ3n) is 2.80. The van der Waals surface area contributed by atoms with Crippen LogP contribution in [0.1, 0.15) is 22.8 Å². The first-order valence-electron chi connectivity index (χ1n) is 6.16. The number of amides is 1. The minimum atomic E-state index is -1.07. The highest BCUT2D eigenvalue weighted by molar-refractivity contribution is 5.96. The molecule has 0 spiro atoms. The van der Waals surface area contributed by atoms with E-state index >= 15 is 0 Å². The lowest BCUT2D eigenvalue weighted by Gasteiger charge is -2.07. The van der Waals surface area contributed by atoms with E-state index in [9.17, 15) is 9.59 Å². The van der Waals surface area contributed by atoms with Crippen molar-refractivity contribution in [1.29, 1.82) is 0 Å². The molecule has 0 saturated carbocycles. The summed E-state index contributed by atoms with van der Waals surface area (Å²) in [5, 5.41) is 15.2. The molecule has 0 saturated heterocycles. The second-order valence-electron chi connectivity index (χ2n) is 4.45. The molecule has 0 bridgehead atoms. The third kappa shape index (κ3) is 3.44. The fourth-order valence-corrected chi connectivity index (χ4v) is 1.68. The molecule has 1 aromatic carbocycles. The SMILES string of the molecule is CC(NC(=O)c1cnn(Cc2ccccc2)c1)C(=O)O. The Morgan fingerprint density at radius 2 is 2.05 bits per heavy atom. The summed E-state index contributed by atoms with van der Waals surface area (Å²) < 4.78 is 1.63. The highest BCUT2D eigenvalue weighted by atomic mass is 16.4. The van der Waals surface area contributed by atoms with Gasteiger partial charge in [0.05, 0.1) is 18.3 Å². The number of aromatic nitrogens is 2. The Morgan fingerprint density at radius 1 is 1.35 bits per heavy atom. The van der Waals surface area contributed by atoms with Gasteiger partial charge in [0.15, 0.2) is 0 Å². The molecule has 0 aliphatic rings. The summed E-state index contributed by atoms with van der Waals surface area (Å²) in [6.45, 7) is 1.97. The Balaban J connectivity index is 2.02. The highest BCUT2D eigenvalue weighted by Crippen LogP contribution is 2.04. The lowest BCUT2D eigenvalue weighted by atomic mass is 10.2. The minimum absolute atomic E-state index is 0.342. The standard InChI is InChI=1S/C14H15N3O3/c1-10(14(19)20)16-13(18)12-7-15-17(9-12)8-11-5-3-2-4-6-11/h2-7,9-10H,8H2,1H3,(H,16,18)(H,19,20). The molecule has 1 amide bonds. The van der Waals surface area contributed by atoms with Crippen molar-refractivity contribution in [2.75, 3.05) is 0 Å². The average molecular weight is 273 g/mol. The molecule has 0 aliphatic heterocycles. The van der Waals surface area contributed by atoms with E-state index in [1.807, 2.05) is 30.3 Å². The van der Waals surface area contributed by atoms with Gasteiger partial charge in [0.1, 0.15) is 6.04 Å². The summed E-state index contributed by atoms with van der Waals surface area (Å²) in [6.07, 6.45) is 3.02. The Hall–Kier alpha value is -2.63. The van der Waals surface area contributed by atoms with Crippen molar-refractivity contribution >= 4 is 11.9 Å². The van der Waals surface area contributed by atoms with Crippen LogP contribution in [-0.4, -0.2) is 32.8 Å². The molecular formula is C14H15N3O3. The van der Waals surface area contributed by atoms with Crippen molar-refractivity contribution < 1.29 is 14.7 Å². The zero-order valence-corrected chi connectivity index (χ0v) is 11.0. The maximum Gasteiger partial charge on any atom is 0.325 e. The minimum Gasteiger partial charge on any atom is -0.480 e. The largest absolute Gasteiger partial charge is 0.480 e. The van der Waals surface area contributed by atoms with Crippen LogP contribution in [0, 0.1) is 0 Å². The van der Waals surface area contributed by atoms with Crippen LogP contribution in [0.4, 0.5) is 0 Å². The van der Waals surface area contributed by atoms with Gasteiger partial charge >= 0.3 is 5.97 Å². The number of carbonyl (C=O) groups is 2. The quantitative estimate of drug-likeness (QED) is 0.855. The molecule has 1 aromatic heterocycles. The second-order valence-corrected chi connectivity index (χ2v) is 4.45. The molecule has 1 atom stereocenters. The van der Waals surface area contributed by atoms with Gasteiger partial charge in [-0.15, -0.1) is 0 Å². The normalized spacial score (nSPS) is 11.8. The topological polar surface area (TPSA) is 84.2 Å². The van der Waals surface area contributed by atoms with Crippen molar-refractivity contribution in [3.8, 4) is 0 Å². The van der Waals surface area contributed by atoms with E-state index in [-0.39, 0.29) is 0 Å². The summed E-state index contributed by atoms with van der Waals surface area (Å²) >= 11 is 0. The first-order valence-corrected chi connectivity index (χ1v) is 6.16. The smallest absolute Gasteiger partial charge is 0.325 e. The van der Waals surface area contributed by atoms with Crippen LogP contribution in [0.5, 0.6) is 0 Å². The second kappa shape index (κ2) is 6.01. The summed E-state index contributed by atoms with van der Waals surface area (Å²) in [5.41, 5.74) is 1.41. The van der Waals surface area contributed by atoms with Crippen LogP contribution < -0.4 is 5.32 Å². The van der Waals surface area contributed by atoms with Crippen molar-refractivity contribution in [3.63, 3.8) is 0 Å². The maximum atomic E-state index is 11.8. The van der Waals surface area contributed by atoms with Gasteiger partial charge in [-0.25, -0.2) is 0 Å². The van der Waals surface area contributed by atoms with E-state index in [4.69, 9.17) is 5.11 Å². The van der Waals surface area contributed by atoms with E-state index in [0.717, 1.165) is 5.56 Å². The number of benzene rings is 1. The summed E-state index contributed by atoms with van der Waals surface area (Å²) in [4.78, 5) is 22.5. The van der Waals surface area contributed by atoms with Crippen LogP contribution >= 0.6 is 0 Å². The number of aliphatic carboxylic acids is 1. The molecule has 20 heavy (non-hydrogen) atoms. The van der Waals surface area contributed by atoms with Gasteiger partial charge in [-0.05, 0) is 12.5 Å². The molecular weight excluding hydrogens is 258 g/mol. The van der Waals surface area contributed by atoms with Crippen molar-refractivity contribution in [3.05, 3.63) is 53.9 Å². The molecule has 2 rings (SSSR count). The van der Waals surface area contributed by atoms with Gasteiger partial charge < -0.3 is 10.4 Å². The van der Waals surface area contributed by atoms with Crippen molar-refractivity contribution in [1.82, 2.24) is 15.1 Å². The molecule has 2 aromatic rings. The molecule has 2 N–H and O–H groups in total. The Bertz CT molecular complexity index is 607. The monoisotopic (exact) mass is 273 g/mol. The van der Waals surface area contributed by atoms with E-state index in [1.54, 1.807) is 10.9 Å². The molecule has 104 valence electrons. The van der Waals surface area contributed by atoms with Gasteiger partial charge in [-0.3, -0.25) is 14.3 Å². The molecule has 1 unspecified atom stereocenters. The van der Waals surface area contributed by atoms with Crippen LogP contribution in [0.3, 0.4) is 0 Å². The zero-order chi connectivity index (χ0) is 14.5. The number of rotatable bonds is 5. The summed E-state index contributed by atoms with van der Waals surface area (Å²) in [5.74, 6) is -1.52. The van der Waals surface area contributed by atoms with Crippen molar-refractivity contribution in [2.45, 2.75) is 19.5 Å². The first kappa shape index (κ1) is 13.8. The zero-order valence-electron chi connectivity index (χ0n) is 11.0. The first-order chi connectivity index (χ1) is 9.56. The van der Waals surface area contributed by atoms with Gasteiger partial charge in [-0.1, -0.05) is 30.3 Å². The van der Waals surface area contributed by atoms with Gasteiger partial charge in [-0.2, -0.15) is 5.10 Å². The van der Waals surface area contributed by atoms with E-state index in [0.29, 0.717) is 12.1 Å². The molecule has 0 aliphatic carbocycles. The number of nitrogens with zero attached hydrogens (tertiary/aromatic N) is 2. The number of carboxylic acid groups (broad SMARTS) is 1. The van der Waals surface area contributed by atoms with E-state index < -0.39 is 17.9 Å². The number of hydrogen-bond donors (Lipinski definition) is 2. The van der Waals surface area contributed by atoms with Gasteiger partial charge in [0, 0.05) is 6.20 Å². The van der Waals surface area contributed by atoms with Crippen LogP contribution in [0.15, 0.2) is 42.7 Å². The van der Waals surface area contributed by atoms with Crippen LogP contribution in [-0.2, 0) is 11.3 Å². The highest BCUT2D eigenvalue weighted by Gasteiger charge is 2.16. The summed E-state index contributed by atoms with van der Waals surface area (Å²) in [6, 6.07) is 8.79. The lowest BCUT2D eigenvalue weighted by Crippen LogP contribution is -2.38. The predicted octanol–water partition coefficient (Wildman–Crippen LogP) is 1.13. The molecule has 6 heteroatoms. The lowest BCUT2D eigenvalue weighted by molar-refractivity contribution is -0.138. The molecule has 1 heterocycles. The van der Waals surface area contributed by atoms with Crippen LogP contribution in [0.25, 0.3) is 0 Å². The third-order valence-corrected chi connectivity index (χ3v) is 2.80. The number of nitrogens with one attached hydrogen (secondary N) is 1. The van der Waals surface area contributed by atoms with Gasteiger partial charge in [0.2, 0.25) is 0 Å². The Morgan fingerprint density at radius 3 is 2.70 bits per heavy atom. The summed E-state index contributed by atoms with van der Waals surface area (Å²) in [7, 11) is 0. The fraction of sp³-hybridized carbons (Fsp3) is 0.214. The number of hydrogen-bond acceptors (Lipinski definition) is 3. The Labute approximate surface area is 116 Å². The van der Waals surface area contributed by atoms with E-state index in [2.05, 4.69) is 10.4 Å². The average Bonchev–Trinajstić information content (AvgIpc) is 2.88. The van der Waals surface area contributed by atoms with Crippen LogP contribution in [0.2, 0.25) is 0 Å². The molecule has 0 fully saturated rings. The van der Waals surface area contributed by atoms with Crippen molar-refractivity contribution in [2.24, 2.45) is 0 Å². The predicted molar refractivity (Wildman–Crippen MR) is 72.3 cm³/mol. The van der Waals surface area contributed by atoms with E-state index in [1.165, 1.54) is 13.1 Å². The number of carboxylic acids is 1. The fourth-order valence-electron chi connectivity index (χ4n) is 1.68. The van der Waals surface area contributed by atoms with Gasteiger partial charge in [0.25, 0.3) is 5.91 Å². The number of carbonyl (C=O) groups excluding carboxylic acids is 1. The molecule has 6 nitrogen and oxygen atoms in total.